The highest BCUT2D eigenvalue weighted by Crippen LogP contribution is 2.39. The molecule has 0 radical (unpaired) electrons. The number of H-pyrrole nitrogens is 1. The predicted octanol–water partition coefficient (Wildman–Crippen LogP) is 3.10. The molecule has 4 N–H and O–H groups in total. The molecule has 2 aliphatic rings. The number of ether oxygens (including phenoxy) is 2. The zero-order valence-corrected chi connectivity index (χ0v) is 21.4. The van der Waals surface area contributed by atoms with E-state index in [0.29, 0.717) is 71.8 Å². The van der Waals surface area contributed by atoms with Crippen molar-refractivity contribution >= 4 is 22.8 Å². The van der Waals surface area contributed by atoms with Crippen LogP contribution < -0.4 is 20.1 Å². The summed E-state index contributed by atoms with van der Waals surface area (Å²) in [4.78, 5) is 36.8. The zero-order valence-electron chi connectivity index (χ0n) is 21.4. The van der Waals surface area contributed by atoms with E-state index in [4.69, 9.17) is 9.47 Å². The van der Waals surface area contributed by atoms with Crippen molar-refractivity contribution in [3.8, 4) is 22.8 Å². The van der Waals surface area contributed by atoms with Gasteiger partial charge in [0.15, 0.2) is 11.6 Å². The summed E-state index contributed by atoms with van der Waals surface area (Å²) in [7, 11) is 1.40. The van der Waals surface area contributed by atoms with Crippen LogP contribution in [0.2, 0.25) is 0 Å². The van der Waals surface area contributed by atoms with Gasteiger partial charge in [-0.25, -0.2) is 14.4 Å². The Kier molecular flexibility index (Phi) is 7.46. The molecule has 38 heavy (non-hydrogen) atoms. The minimum atomic E-state index is -1.04. The Bertz CT molecular complexity index is 1330. The summed E-state index contributed by atoms with van der Waals surface area (Å²) in [6, 6.07) is 2.79. The van der Waals surface area contributed by atoms with Crippen LogP contribution in [-0.4, -0.2) is 63.8 Å². The SMILES string of the molecule is COc1cc(OCC2CC2)c(-c2ncnc3c(C(=O)N[C@H]4CC[C@H](NC(=O)[C@H](C)O)CC4)c[nH]c23)cc1F. The number of nitrogens with one attached hydrogen (secondary N) is 3. The number of amides is 2. The highest BCUT2D eigenvalue weighted by molar-refractivity contribution is 6.08. The molecule has 2 saturated carbocycles. The van der Waals surface area contributed by atoms with E-state index in [1.165, 1.54) is 32.5 Å². The fourth-order valence-corrected chi connectivity index (χ4v) is 4.77. The van der Waals surface area contributed by atoms with E-state index in [1.54, 1.807) is 6.20 Å². The fourth-order valence-electron chi connectivity index (χ4n) is 4.77. The van der Waals surface area contributed by atoms with Crippen LogP contribution in [0.4, 0.5) is 4.39 Å². The number of aliphatic hydroxyl groups is 1. The number of carbonyl (C=O) groups is 2. The van der Waals surface area contributed by atoms with Crippen LogP contribution in [0.5, 0.6) is 11.5 Å². The van der Waals surface area contributed by atoms with E-state index >= 15 is 0 Å². The third kappa shape index (κ3) is 5.57. The van der Waals surface area contributed by atoms with Gasteiger partial charge in [0, 0.05) is 29.9 Å². The maximum Gasteiger partial charge on any atom is 0.255 e. The van der Waals surface area contributed by atoms with Crippen molar-refractivity contribution in [2.75, 3.05) is 13.7 Å². The lowest BCUT2D eigenvalue weighted by Gasteiger charge is -2.29. The number of halogens is 1. The molecule has 202 valence electrons. The van der Waals surface area contributed by atoms with Gasteiger partial charge < -0.3 is 30.2 Å². The Labute approximate surface area is 219 Å². The van der Waals surface area contributed by atoms with Crippen molar-refractivity contribution < 1.29 is 28.6 Å². The van der Waals surface area contributed by atoms with Gasteiger partial charge in [-0.1, -0.05) is 0 Å². The average molecular weight is 526 g/mol. The molecule has 2 aliphatic carbocycles. The standard InChI is InChI=1S/C27H32FN5O5/c1-14(34)26(35)32-16-5-7-17(8-6-16)33-27(36)19-11-29-25-23(30-13-31-24(19)25)18-9-20(28)22(37-2)10-21(18)38-12-15-3-4-15/h9-11,13-17,29,34H,3-8,12H2,1-2H3,(H,32,35)(H,33,36)/t14-,16-,17-/m0/s1. The topological polar surface area (TPSA) is 138 Å². The van der Waals surface area contributed by atoms with Crippen molar-refractivity contribution in [3.63, 3.8) is 0 Å². The molecule has 1 aromatic carbocycles. The van der Waals surface area contributed by atoms with Crippen LogP contribution in [-0.2, 0) is 4.79 Å². The smallest absolute Gasteiger partial charge is 0.255 e. The normalized spacial score (nSPS) is 20.1. The summed E-state index contributed by atoms with van der Waals surface area (Å²) < 4.78 is 25.9. The summed E-state index contributed by atoms with van der Waals surface area (Å²) in [6.07, 6.45) is 6.92. The van der Waals surface area contributed by atoms with E-state index in [9.17, 15) is 19.1 Å². The van der Waals surface area contributed by atoms with Gasteiger partial charge in [-0.05, 0) is 57.4 Å². The van der Waals surface area contributed by atoms with Crippen molar-refractivity contribution in [2.45, 2.75) is 63.6 Å². The monoisotopic (exact) mass is 525 g/mol. The molecule has 0 spiro atoms. The molecule has 5 rings (SSSR count). The van der Waals surface area contributed by atoms with Crippen molar-refractivity contribution in [1.29, 1.82) is 0 Å². The lowest BCUT2D eigenvalue weighted by molar-refractivity contribution is -0.129. The highest BCUT2D eigenvalue weighted by Gasteiger charge is 2.27. The van der Waals surface area contributed by atoms with Gasteiger partial charge in [0.05, 0.1) is 24.8 Å². The number of rotatable bonds is 9. The largest absolute Gasteiger partial charge is 0.494 e. The number of methoxy groups -OCH3 is 1. The molecular weight excluding hydrogens is 493 g/mol. The lowest BCUT2D eigenvalue weighted by Crippen LogP contribution is -2.45. The second kappa shape index (κ2) is 10.9. The molecule has 10 nitrogen and oxygen atoms in total. The second-order valence-corrected chi connectivity index (χ2v) is 10.1. The van der Waals surface area contributed by atoms with Crippen LogP contribution in [0.3, 0.4) is 0 Å². The number of aliphatic hydroxyl groups excluding tert-OH is 1. The van der Waals surface area contributed by atoms with E-state index in [2.05, 4.69) is 25.6 Å². The number of aromatic amines is 1. The number of carbonyl (C=O) groups excluding carboxylic acids is 2. The number of fused-ring (bicyclic) bond motifs is 1. The number of benzene rings is 1. The second-order valence-electron chi connectivity index (χ2n) is 10.1. The van der Waals surface area contributed by atoms with Gasteiger partial charge in [-0.2, -0.15) is 0 Å². The molecule has 0 bridgehead atoms. The van der Waals surface area contributed by atoms with Gasteiger partial charge in [-0.15, -0.1) is 0 Å². The third-order valence-electron chi connectivity index (χ3n) is 7.18. The Morgan fingerprint density at radius 1 is 1.11 bits per heavy atom. The van der Waals surface area contributed by atoms with E-state index in [-0.39, 0.29) is 29.6 Å². The number of hydrogen-bond acceptors (Lipinski definition) is 7. The maximum atomic E-state index is 14.7. The summed E-state index contributed by atoms with van der Waals surface area (Å²) in [5, 5.41) is 15.3. The van der Waals surface area contributed by atoms with Gasteiger partial charge in [-0.3, -0.25) is 9.59 Å². The number of hydrogen-bond donors (Lipinski definition) is 4. The molecular formula is C27H32FN5O5. The molecule has 2 heterocycles. The number of nitrogens with zero attached hydrogens (tertiary/aromatic N) is 2. The molecule has 2 fully saturated rings. The first-order chi connectivity index (χ1) is 18.3. The van der Waals surface area contributed by atoms with E-state index in [1.807, 2.05) is 0 Å². The summed E-state index contributed by atoms with van der Waals surface area (Å²) in [6.45, 7) is 1.96. The Balaban J connectivity index is 1.34. The van der Waals surface area contributed by atoms with Crippen LogP contribution in [0.15, 0.2) is 24.7 Å². The molecule has 2 amide bonds. The van der Waals surface area contributed by atoms with E-state index < -0.39 is 11.9 Å². The molecule has 0 unspecified atom stereocenters. The highest BCUT2D eigenvalue weighted by atomic mass is 19.1. The summed E-state index contributed by atoms with van der Waals surface area (Å²) in [5.74, 6) is -0.174. The Morgan fingerprint density at radius 2 is 1.82 bits per heavy atom. The number of aromatic nitrogens is 3. The molecule has 11 heteroatoms. The third-order valence-corrected chi connectivity index (χ3v) is 7.18. The quantitative estimate of drug-likeness (QED) is 0.337. The van der Waals surface area contributed by atoms with Gasteiger partial charge in [0.25, 0.3) is 5.91 Å². The first-order valence-electron chi connectivity index (χ1n) is 13.0. The molecule has 1 atom stereocenters. The van der Waals surface area contributed by atoms with Crippen LogP contribution in [0.25, 0.3) is 22.3 Å². The minimum Gasteiger partial charge on any atom is -0.494 e. The first-order valence-corrected chi connectivity index (χ1v) is 13.0. The molecule has 0 aliphatic heterocycles. The predicted molar refractivity (Wildman–Crippen MR) is 137 cm³/mol. The molecule has 3 aromatic rings. The molecule has 0 saturated heterocycles. The Morgan fingerprint density at radius 3 is 2.47 bits per heavy atom. The average Bonchev–Trinajstić information content (AvgIpc) is 3.64. The van der Waals surface area contributed by atoms with E-state index in [0.717, 1.165) is 12.8 Å². The van der Waals surface area contributed by atoms with Crippen molar-refractivity contribution in [3.05, 3.63) is 36.0 Å². The van der Waals surface area contributed by atoms with Gasteiger partial charge >= 0.3 is 0 Å². The fraction of sp³-hybridized carbons (Fsp3) is 0.481. The van der Waals surface area contributed by atoms with Gasteiger partial charge in [0.1, 0.15) is 29.4 Å². The zero-order chi connectivity index (χ0) is 26.8. The lowest BCUT2D eigenvalue weighted by atomic mass is 9.91. The van der Waals surface area contributed by atoms with Crippen molar-refractivity contribution in [2.24, 2.45) is 5.92 Å². The Hall–Kier alpha value is -3.73. The summed E-state index contributed by atoms with van der Waals surface area (Å²) >= 11 is 0. The van der Waals surface area contributed by atoms with Gasteiger partial charge in [0.2, 0.25) is 5.91 Å². The van der Waals surface area contributed by atoms with Crippen LogP contribution >= 0.6 is 0 Å². The summed E-state index contributed by atoms with van der Waals surface area (Å²) in [5.41, 5.74) is 2.17. The molecule has 2 aromatic heterocycles. The maximum absolute atomic E-state index is 14.7. The van der Waals surface area contributed by atoms with Crippen molar-refractivity contribution in [1.82, 2.24) is 25.6 Å². The minimum absolute atomic E-state index is 0.0186. The van der Waals surface area contributed by atoms with Crippen LogP contribution in [0.1, 0.15) is 55.8 Å². The first kappa shape index (κ1) is 25.9. The van der Waals surface area contributed by atoms with Crippen LogP contribution in [0, 0.1) is 11.7 Å².